The fraction of sp³-hybridized carbons (Fsp3) is 0.200. The van der Waals surface area contributed by atoms with Crippen LogP contribution in [0.2, 0.25) is 0 Å². The van der Waals surface area contributed by atoms with Crippen molar-refractivity contribution >= 4 is 23.1 Å². The van der Waals surface area contributed by atoms with E-state index in [1.54, 1.807) is 31.3 Å². The largest absolute Gasteiger partial charge is 0.493 e. The maximum Gasteiger partial charge on any atom is 0.259 e. The van der Waals surface area contributed by atoms with Crippen LogP contribution in [0.15, 0.2) is 108 Å². The van der Waals surface area contributed by atoms with Crippen molar-refractivity contribution in [1.29, 1.82) is 0 Å². The Morgan fingerprint density at radius 2 is 1.49 bits per heavy atom. The molecule has 4 aromatic rings. The van der Waals surface area contributed by atoms with E-state index in [9.17, 15) is 9.59 Å². The number of benzene rings is 4. The van der Waals surface area contributed by atoms with Gasteiger partial charge in [-0.15, -0.1) is 0 Å². The lowest BCUT2D eigenvalue weighted by Gasteiger charge is -2.35. The molecule has 206 valence electrons. The highest BCUT2D eigenvalue weighted by atomic mass is 16.5. The van der Waals surface area contributed by atoms with Gasteiger partial charge in [-0.2, -0.15) is 0 Å². The summed E-state index contributed by atoms with van der Waals surface area (Å²) in [4.78, 5) is 30.4. The van der Waals surface area contributed by atoms with E-state index in [-0.39, 0.29) is 17.6 Å². The Bertz CT molecular complexity index is 1640. The van der Waals surface area contributed by atoms with E-state index in [1.165, 1.54) is 5.56 Å². The van der Waals surface area contributed by atoms with Gasteiger partial charge in [-0.05, 0) is 66.8 Å². The number of carbonyl (C=O) groups is 2. The number of hydrogen-bond acceptors (Lipinski definition) is 5. The highest BCUT2D eigenvalue weighted by molar-refractivity contribution is 6.12. The van der Waals surface area contributed by atoms with Gasteiger partial charge in [-0.25, -0.2) is 0 Å². The minimum absolute atomic E-state index is 0.0165. The van der Waals surface area contributed by atoms with Gasteiger partial charge in [0.2, 0.25) is 0 Å². The minimum atomic E-state index is -0.680. The van der Waals surface area contributed by atoms with Gasteiger partial charge in [-0.3, -0.25) is 14.5 Å². The molecule has 6 nitrogen and oxygen atoms in total. The molecule has 2 atom stereocenters. The summed E-state index contributed by atoms with van der Waals surface area (Å²) in [5.74, 6) is 0.965. The predicted molar refractivity (Wildman–Crippen MR) is 161 cm³/mol. The summed E-state index contributed by atoms with van der Waals surface area (Å²) in [6, 6.07) is 30.3. The van der Waals surface area contributed by atoms with Gasteiger partial charge in [0.1, 0.15) is 0 Å². The van der Waals surface area contributed by atoms with Gasteiger partial charge in [-0.1, -0.05) is 66.2 Å². The molecule has 0 saturated heterocycles. The predicted octanol–water partition coefficient (Wildman–Crippen LogP) is 7.23. The number of rotatable bonds is 5. The molecule has 0 aromatic heterocycles. The summed E-state index contributed by atoms with van der Waals surface area (Å²) in [6.45, 7) is 2.06. The maximum atomic E-state index is 14.4. The second kappa shape index (κ2) is 11.0. The number of nitrogens with zero attached hydrogens (tertiary/aromatic N) is 1. The summed E-state index contributed by atoms with van der Waals surface area (Å²) in [5.41, 5.74) is 6.54. The summed E-state index contributed by atoms with van der Waals surface area (Å²) in [5, 5.41) is 3.60. The molecule has 1 aliphatic carbocycles. The van der Waals surface area contributed by atoms with Crippen LogP contribution in [0.1, 0.15) is 51.8 Å². The van der Waals surface area contributed by atoms with Gasteiger partial charge in [0.05, 0.1) is 31.6 Å². The molecule has 6 heteroatoms. The number of hydrogen-bond donors (Lipinski definition) is 1. The molecule has 2 unspecified atom stereocenters. The van der Waals surface area contributed by atoms with Crippen LogP contribution in [0.25, 0.3) is 0 Å². The Labute approximate surface area is 240 Å². The molecule has 1 N–H and O–H groups in total. The zero-order chi connectivity index (χ0) is 28.5. The van der Waals surface area contributed by atoms with Crippen molar-refractivity contribution in [3.8, 4) is 11.5 Å². The molecule has 1 aliphatic heterocycles. The average Bonchev–Trinajstić information content (AvgIpc) is 3.16. The molecule has 0 saturated carbocycles. The first-order chi connectivity index (χ1) is 20.0. The second-order valence-electron chi connectivity index (χ2n) is 10.5. The fourth-order valence-electron chi connectivity index (χ4n) is 5.95. The number of para-hydroxylation sites is 2. The van der Waals surface area contributed by atoms with Crippen molar-refractivity contribution in [1.82, 2.24) is 0 Å². The Kier molecular flexibility index (Phi) is 7.06. The molecule has 4 aromatic carbocycles. The van der Waals surface area contributed by atoms with E-state index in [0.29, 0.717) is 41.2 Å². The summed E-state index contributed by atoms with van der Waals surface area (Å²) >= 11 is 0. The van der Waals surface area contributed by atoms with Crippen LogP contribution < -0.4 is 19.7 Å². The molecule has 41 heavy (non-hydrogen) atoms. The van der Waals surface area contributed by atoms with E-state index in [4.69, 9.17) is 9.47 Å². The van der Waals surface area contributed by atoms with Crippen LogP contribution in [0.5, 0.6) is 11.5 Å². The zero-order valence-corrected chi connectivity index (χ0v) is 23.4. The summed E-state index contributed by atoms with van der Waals surface area (Å²) in [6.07, 6.45) is 1.01. The van der Waals surface area contributed by atoms with E-state index in [0.717, 1.165) is 22.5 Å². The first kappa shape index (κ1) is 26.4. The summed E-state index contributed by atoms with van der Waals surface area (Å²) < 4.78 is 11.2. The lowest BCUT2D eigenvalue weighted by Crippen LogP contribution is -2.38. The molecule has 1 amide bonds. The monoisotopic (exact) mass is 544 g/mol. The molecule has 6 rings (SSSR count). The number of Topliss-reactive ketones (excluding diaryl/α,β-unsaturated/α-hetero) is 1. The van der Waals surface area contributed by atoms with E-state index in [2.05, 4.69) is 36.5 Å². The van der Waals surface area contributed by atoms with Crippen molar-refractivity contribution < 1.29 is 19.1 Å². The third-order valence-corrected chi connectivity index (χ3v) is 8.00. The highest BCUT2D eigenvalue weighted by Gasteiger charge is 2.42. The third-order valence-electron chi connectivity index (χ3n) is 8.00. The molecule has 0 spiro atoms. The molecule has 0 fully saturated rings. The lowest BCUT2D eigenvalue weighted by molar-refractivity contribution is -0.116. The van der Waals surface area contributed by atoms with Crippen molar-refractivity contribution in [2.24, 2.45) is 0 Å². The maximum absolute atomic E-state index is 14.4. The van der Waals surface area contributed by atoms with Gasteiger partial charge in [0.25, 0.3) is 5.91 Å². The number of methoxy groups -OCH3 is 2. The van der Waals surface area contributed by atoms with Crippen molar-refractivity contribution in [3.05, 3.63) is 131 Å². The van der Waals surface area contributed by atoms with E-state index >= 15 is 0 Å². The number of nitrogens with one attached hydrogen (secondary N) is 1. The number of fused-ring (bicyclic) bond motifs is 1. The number of allylic oxidation sites excluding steroid dienone is 1. The van der Waals surface area contributed by atoms with Gasteiger partial charge >= 0.3 is 0 Å². The smallest absolute Gasteiger partial charge is 0.259 e. The molecular formula is C35H32N2O4. The topological polar surface area (TPSA) is 67.9 Å². The zero-order valence-electron chi connectivity index (χ0n) is 23.4. The van der Waals surface area contributed by atoms with E-state index < -0.39 is 6.04 Å². The Balaban J connectivity index is 1.57. The van der Waals surface area contributed by atoms with Gasteiger partial charge in [0, 0.05) is 23.3 Å². The minimum Gasteiger partial charge on any atom is -0.493 e. The van der Waals surface area contributed by atoms with Crippen molar-refractivity contribution in [2.75, 3.05) is 24.4 Å². The van der Waals surface area contributed by atoms with Crippen LogP contribution in [-0.4, -0.2) is 25.9 Å². The summed E-state index contributed by atoms with van der Waals surface area (Å²) in [7, 11) is 3.17. The Hall–Kier alpha value is -4.84. The first-order valence-electron chi connectivity index (χ1n) is 13.8. The van der Waals surface area contributed by atoms with Gasteiger partial charge < -0.3 is 14.8 Å². The van der Waals surface area contributed by atoms with Crippen LogP contribution in [0, 0.1) is 6.92 Å². The number of ketones is 1. The highest BCUT2D eigenvalue weighted by Crippen LogP contribution is 2.48. The fourth-order valence-corrected chi connectivity index (χ4v) is 5.95. The van der Waals surface area contributed by atoms with E-state index in [1.807, 2.05) is 60.7 Å². The lowest BCUT2D eigenvalue weighted by atomic mass is 9.78. The first-order valence-corrected chi connectivity index (χ1v) is 13.8. The number of anilines is 2. The number of ether oxygens (including phenoxy) is 2. The molecule has 0 bridgehead atoms. The van der Waals surface area contributed by atoms with Crippen molar-refractivity contribution in [3.63, 3.8) is 0 Å². The standard InChI is InChI=1S/C35H32N2O4/c1-22-13-15-23(16-14-22)26-19-28-33(30(38)20-26)34(25-17-18-31(40-2)32(21-25)41-3)37(29-12-8-7-11-27(29)36-28)35(39)24-9-5-4-6-10-24/h4-18,21,26,34,36H,19-20H2,1-3H3. The Morgan fingerprint density at radius 1 is 0.805 bits per heavy atom. The Morgan fingerprint density at radius 3 is 2.22 bits per heavy atom. The molecule has 2 aliphatic rings. The van der Waals surface area contributed by atoms with Crippen LogP contribution in [0.3, 0.4) is 0 Å². The van der Waals surface area contributed by atoms with Crippen LogP contribution >= 0.6 is 0 Å². The number of aryl methyl sites for hydroxylation is 1. The average molecular weight is 545 g/mol. The van der Waals surface area contributed by atoms with Crippen LogP contribution in [0.4, 0.5) is 11.4 Å². The molecular weight excluding hydrogens is 512 g/mol. The van der Waals surface area contributed by atoms with Gasteiger partial charge in [0.15, 0.2) is 17.3 Å². The molecule has 0 radical (unpaired) electrons. The number of amides is 1. The number of carbonyl (C=O) groups excluding carboxylic acids is 2. The third kappa shape index (κ3) is 4.86. The van der Waals surface area contributed by atoms with Crippen LogP contribution in [-0.2, 0) is 4.79 Å². The van der Waals surface area contributed by atoms with Crippen molar-refractivity contribution in [2.45, 2.75) is 31.7 Å². The SMILES string of the molecule is COc1ccc(C2C3=C(CC(c4ccc(C)cc4)CC3=O)Nc3ccccc3N2C(=O)c2ccccc2)cc1OC. The second-order valence-corrected chi connectivity index (χ2v) is 10.5. The normalized spacial score (nSPS) is 18.1. The molecule has 1 heterocycles. The quantitative estimate of drug-likeness (QED) is 0.287.